The fourth-order valence-corrected chi connectivity index (χ4v) is 2.34. The van der Waals surface area contributed by atoms with E-state index in [0.29, 0.717) is 0 Å². The summed E-state index contributed by atoms with van der Waals surface area (Å²) in [4.78, 5) is 0. The highest BCUT2D eigenvalue weighted by molar-refractivity contribution is 9.09. The number of benzene rings is 1. The van der Waals surface area contributed by atoms with E-state index in [2.05, 4.69) is 15.9 Å². The van der Waals surface area contributed by atoms with Crippen molar-refractivity contribution in [2.75, 3.05) is 5.33 Å². The molecule has 0 saturated heterocycles. The molecule has 0 aliphatic rings. The van der Waals surface area contributed by atoms with Gasteiger partial charge in [0.25, 0.3) is 0 Å². The molecule has 0 radical (unpaired) electrons. The smallest absolute Gasteiger partial charge is 0.0790 e. The molecule has 0 aliphatic heterocycles. The molecule has 3 heteroatoms. The summed E-state index contributed by atoms with van der Waals surface area (Å²) in [5.74, 6) is 0. The molecule has 0 fully saturated rings. The Kier molecular flexibility index (Phi) is 7.91. The van der Waals surface area contributed by atoms with Crippen LogP contribution in [-0.2, 0) is 0 Å². The second-order valence-electron chi connectivity index (χ2n) is 4.31. The minimum absolute atomic E-state index is 0.344. The number of alkyl halides is 1. The summed E-state index contributed by atoms with van der Waals surface area (Å²) in [6.45, 7) is 0. The molecule has 0 heterocycles. The van der Waals surface area contributed by atoms with E-state index < -0.39 is 0 Å². The zero-order valence-corrected chi connectivity index (χ0v) is 12.4. The van der Waals surface area contributed by atoms with Gasteiger partial charge in [-0.05, 0) is 30.5 Å². The van der Waals surface area contributed by atoms with Gasteiger partial charge in [-0.2, -0.15) is 0 Å². The van der Waals surface area contributed by atoms with E-state index in [4.69, 9.17) is 11.6 Å². The van der Waals surface area contributed by atoms with E-state index in [1.165, 1.54) is 25.7 Å². The highest BCUT2D eigenvalue weighted by Gasteiger charge is 2.06. The van der Waals surface area contributed by atoms with Crippen molar-refractivity contribution in [3.63, 3.8) is 0 Å². The predicted octanol–water partition coefficient (Wildman–Crippen LogP) is 5.11. The molecule has 96 valence electrons. The van der Waals surface area contributed by atoms with Crippen molar-refractivity contribution in [1.82, 2.24) is 0 Å². The van der Waals surface area contributed by atoms with Crippen LogP contribution in [0.3, 0.4) is 0 Å². The van der Waals surface area contributed by atoms with Crippen molar-refractivity contribution < 1.29 is 5.11 Å². The lowest BCUT2D eigenvalue weighted by atomic mass is 10.0. The van der Waals surface area contributed by atoms with Gasteiger partial charge in [-0.15, -0.1) is 0 Å². The van der Waals surface area contributed by atoms with Gasteiger partial charge in [0, 0.05) is 10.4 Å². The lowest BCUT2D eigenvalue weighted by Gasteiger charge is -2.10. The molecule has 0 aromatic heterocycles. The van der Waals surface area contributed by atoms with Crippen molar-refractivity contribution >= 4 is 27.5 Å². The van der Waals surface area contributed by atoms with Crippen LogP contribution in [0, 0.1) is 0 Å². The summed E-state index contributed by atoms with van der Waals surface area (Å²) in [7, 11) is 0. The highest BCUT2D eigenvalue weighted by atomic mass is 79.9. The first kappa shape index (κ1) is 15.0. The van der Waals surface area contributed by atoms with Gasteiger partial charge in [-0.3, -0.25) is 0 Å². The fourth-order valence-electron chi connectivity index (χ4n) is 1.81. The van der Waals surface area contributed by atoms with Crippen molar-refractivity contribution in [3.8, 4) is 0 Å². The SMILES string of the molecule is O[C@H](CCCCCCCBr)c1ccc(Cl)cc1. The van der Waals surface area contributed by atoms with Crippen molar-refractivity contribution in [2.24, 2.45) is 0 Å². The lowest BCUT2D eigenvalue weighted by molar-refractivity contribution is 0.163. The number of hydrogen-bond donors (Lipinski definition) is 1. The molecule has 0 spiro atoms. The Bertz CT molecular complexity index is 300. The standard InChI is InChI=1S/C14H20BrClO/c15-11-5-3-1-2-4-6-14(17)12-7-9-13(16)10-8-12/h7-10,14,17H,1-6,11H2/t14-/m1/s1. The van der Waals surface area contributed by atoms with E-state index in [-0.39, 0.29) is 6.10 Å². The largest absolute Gasteiger partial charge is 0.388 e. The van der Waals surface area contributed by atoms with Crippen LogP contribution in [0.15, 0.2) is 24.3 Å². The molecule has 1 nitrogen and oxygen atoms in total. The summed E-state index contributed by atoms with van der Waals surface area (Å²) in [5.41, 5.74) is 0.967. The van der Waals surface area contributed by atoms with Crippen LogP contribution in [0.2, 0.25) is 5.02 Å². The molecule has 1 N–H and O–H groups in total. The van der Waals surface area contributed by atoms with Gasteiger partial charge in [-0.1, -0.05) is 65.3 Å². The zero-order chi connectivity index (χ0) is 12.5. The first-order chi connectivity index (χ1) is 8.24. The third kappa shape index (κ3) is 6.44. The van der Waals surface area contributed by atoms with E-state index >= 15 is 0 Å². The average Bonchev–Trinajstić information content (AvgIpc) is 2.34. The van der Waals surface area contributed by atoms with Crippen LogP contribution >= 0.6 is 27.5 Å². The Morgan fingerprint density at radius 2 is 1.59 bits per heavy atom. The van der Waals surface area contributed by atoms with Crippen LogP contribution < -0.4 is 0 Å². The van der Waals surface area contributed by atoms with Gasteiger partial charge >= 0.3 is 0 Å². The normalized spacial score (nSPS) is 12.6. The van der Waals surface area contributed by atoms with E-state index in [9.17, 15) is 5.11 Å². The topological polar surface area (TPSA) is 20.2 Å². The first-order valence-electron chi connectivity index (χ1n) is 6.23. The third-order valence-electron chi connectivity index (χ3n) is 2.87. The minimum atomic E-state index is -0.344. The molecular formula is C14H20BrClO. The molecule has 1 rings (SSSR count). The Balaban J connectivity index is 2.16. The maximum atomic E-state index is 9.96. The van der Waals surface area contributed by atoms with Crippen LogP contribution in [0.1, 0.15) is 50.2 Å². The van der Waals surface area contributed by atoms with Crippen LogP contribution in [0.5, 0.6) is 0 Å². The Hall–Kier alpha value is -0.0500. The third-order valence-corrected chi connectivity index (χ3v) is 3.68. The lowest BCUT2D eigenvalue weighted by Crippen LogP contribution is -1.97. The Morgan fingerprint density at radius 1 is 1.00 bits per heavy atom. The number of hydrogen-bond acceptors (Lipinski definition) is 1. The molecular weight excluding hydrogens is 300 g/mol. The fraction of sp³-hybridized carbons (Fsp3) is 0.571. The van der Waals surface area contributed by atoms with Gasteiger partial charge < -0.3 is 5.11 Å². The molecule has 17 heavy (non-hydrogen) atoms. The molecule has 0 amide bonds. The van der Waals surface area contributed by atoms with E-state index in [1.54, 1.807) is 0 Å². The van der Waals surface area contributed by atoms with Gasteiger partial charge in [0.2, 0.25) is 0 Å². The number of halogens is 2. The molecule has 0 unspecified atom stereocenters. The zero-order valence-electron chi connectivity index (χ0n) is 10.0. The molecule has 1 atom stereocenters. The number of aliphatic hydroxyl groups is 1. The molecule has 1 aromatic rings. The molecule has 0 saturated carbocycles. The summed E-state index contributed by atoms with van der Waals surface area (Å²) in [6.07, 6.45) is 6.59. The number of aliphatic hydroxyl groups excluding tert-OH is 1. The molecule has 0 bridgehead atoms. The monoisotopic (exact) mass is 318 g/mol. The summed E-state index contributed by atoms with van der Waals surface area (Å²) in [5, 5.41) is 11.8. The molecule has 0 aliphatic carbocycles. The molecule has 1 aromatic carbocycles. The Labute approximate surface area is 117 Å². The second kappa shape index (κ2) is 8.96. The van der Waals surface area contributed by atoms with Crippen molar-refractivity contribution in [2.45, 2.75) is 44.6 Å². The van der Waals surface area contributed by atoms with Crippen LogP contribution in [0.25, 0.3) is 0 Å². The first-order valence-corrected chi connectivity index (χ1v) is 7.73. The summed E-state index contributed by atoms with van der Waals surface area (Å²) < 4.78 is 0. The summed E-state index contributed by atoms with van der Waals surface area (Å²) in [6, 6.07) is 7.46. The van der Waals surface area contributed by atoms with E-state index in [1.807, 2.05) is 24.3 Å². The van der Waals surface area contributed by atoms with E-state index in [0.717, 1.165) is 28.8 Å². The van der Waals surface area contributed by atoms with Crippen molar-refractivity contribution in [3.05, 3.63) is 34.9 Å². The number of unbranched alkanes of at least 4 members (excludes halogenated alkanes) is 4. The van der Waals surface area contributed by atoms with Gasteiger partial charge in [0.05, 0.1) is 6.10 Å². The van der Waals surface area contributed by atoms with Crippen LogP contribution in [-0.4, -0.2) is 10.4 Å². The van der Waals surface area contributed by atoms with Gasteiger partial charge in [0.1, 0.15) is 0 Å². The predicted molar refractivity (Wildman–Crippen MR) is 77.9 cm³/mol. The maximum absolute atomic E-state index is 9.96. The quantitative estimate of drug-likeness (QED) is 0.521. The van der Waals surface area contributed by atoms with Crippen LogP contribution in [0.4, 0.5) is 0 Å². The minimum Gasteiger partial charge on any atom is -0.388 e. The summed E-state index contributed by atoms with van der Waals surface area (Å²) >= 11 is 9.23. The Morgan fingerprint density at radius 3 is 2.24 bits per heavy atom. The van der Waals surface area contributed by atoms with Gasteiger partial charge in [0.15, 0.2) is 0 Å². The maximum Gasteiger partial charge on any atom is 0.0790 e. The second-order valence-corrected chi connectivity index (χ2v) is 5.54. The van der Waals surface area contributed by atoms with Crippen molar-refractivity contribution in [1.29, 1.82) is 0 Å². The number of rotatable bonds is 8. The highest BCUT2D eigenvalue weighted by Crippen LogP contribution is 2.21. The average molecular weight is 320 g/mol. The van der Waals surface area contributed by atoms with Gasteiger partial charge in [-0.25, -0.2) is 0 Å².